The Morgan fingerprint density at radius 2 is 1.00 bits per heavy atom. The van der Waals surface area contributed by atoms with Gasteiger partial charge in [-0.05, 0) is 53.7 Å². The third-order valence-electron chi connectivity index (χ3n) is 5.45. The van der Waals surface area contributed by atoms with Crippen LogP contribution in [-0.2, 0) is 22.8 Å². The molecule has 0 bridgehead atoms. The van der Waals surface area contributed by atoms with Crippen LogP contribution in [-0.4, -0.2) is 12.6 Å². The number of benzene rings is 1. The molecule has 25 heavy (non-hydrogen) atoms. The Morgan fingerprint density at radius 1 is 0.640 bits per heavy atom. The predicted octanol–water partition coefficient (Wildman–Crippen LogP) is 5.39. The maximum absolute atomic E-state index is 2.49. The first-order valence-corrected chi connectivity index (χ1v) is 9.86. The zero-order chi connectivity index (χ0) is 20.0. The smallest absolute Gasteiger partial charge is 0.104 e. The summed E-state index contributed by atoms with van der Waals surface area (Å²) in [6.45, 7) is 29.2. The number of hydrogen-bond acceptors (Lipinski definition) is 0. The summed E-state index contributed by atoms with van der Waals surface area (Å²) in [7, 11) is 2.33. The molecule has 0 amide bonds. The van der Waals surface area contributed by atoms with Crippen LogP contribution in [0.2, 0.25) is 0 Å². The molecular weight excluding hydrogens is 302 g/mol. The first-order chi connectivity index (χ1) is 10.8. The van der Waals surface area contributed by atoms with Crippen LogP contribution in [0.5, 0.6) is 0 Å². The van der Waals surface area contributed by atoms with Gasteiger partial charge in [-0.2, -0.15) is 0 Å². The minimum Gasteiger partial charge on any atom is -0.329 e. The number of nitrogens with one attached hydrogen (secondary N) is 1. The van der Waals surface area contributed by atoms with E-state index in [-0.39, 0.29) is 21.8 Å². The predicted molar refractivity (Wildman–Crippen MR) is 113 cm³/mol. The number of rotatable bonds is 2. The lowest BCUT2D eigenvalue weighted by atomic mass is 9.72. The van der Waals surface area contributed by atoms with Crippen LogP contribution in [0.3, 0.4) is 0 Å². The minimum absolute atomic E-state index is 0.148. The van der Waals surface area contributed by atoms with E-state index in [0.717, 1.165) is 6.54 Å². The van der Waals surface area contributed by atoms with Gasteiger partial charge in [-0.25, -0.2) is 0 Å². The highest BCUT2D eigenvalue weighted by molar-refractivity contribution is 5.47. The Balaban J connectivity index is 3.77. The Bertz CT molecular complexity index is 560. The van der Waals surface area contributed by atoms with E-state index in [1.807, 2.05) is 0 Å². The quantitative estimate of drug-likeness (QED) is 0.732. The molecule has 0 aliphatic carbocycles. The van der Waals surface area contributed by atoms with Crippen LogP contribution in [0.4, 0.5) is 0 Å². The van der Waals surface area contributed by atoms with E-state index in [0.29, 0.717) is 0 Å². The summed E-state index contributed by atoms with van der Waals surface area (Å²) in [5.41, 5.74) is 6.76. The van der Waals surface area contributed by atoms with Crippen LogP contribution >= 0.6 is 0 Å². The summed E-state index contributed by atoms with van der Waals surface area (Å²) < 4.78 is 0. The van der Waals surface area contributed by atoms with Crippen molar-refractivity contribution in [3.63, 3.8) is 0 Å². The Kier molecular flexibility index (Phi) is 5.98. The fourth-order valence-electron chi connectivity index (χ4n) is 3.16. The lowest BCUT2D eigenvalue weighted by Crippen LogP contribution is -3.15. The van der Waals surface area contributed by atoms with E-state index < -0.39 is 0 Å². The van der Waals surface area contributed by atoms with E-state index >= 15 is 0 Å². The van der Waals surface area contributed by atoms with E-state index in [9.17, 15) is 0 Å². The summed E-state index contributed by atoms with van der Waals surface area (Å²) >= 11 is 0. The van der Waals surface area contributed by atoms with Gasteiger partial charge in [0.15, 0.2) is 0 Å². The highest BCUT2D eigenvalue weighted by Crippen LogP contribution is 2.38. The summed E-state index contributed by atoms with van der Waals surface area (Å²) in [4.78, 5) is 1.56. The second-order valence-electron chi connectivity index (χ2n) is 12.0. The topological polar surface area (TPSA) is 4.44 Å². The molecule has 0 radical (unpaired) electrons. The Hall–Kier alpha value is -0.820. The summed E-state index contributed by atoms with van der Waals surface area (Å²) in [5, 5.41) is 0. The average molecular weight is 347 g/mol. The molecule has 1 aromatic rings. The largest absolute Gasteiger partial charge is 0.329 e. The maximum Gasteiger partial charge on any atom is 0.104 e. The van der Waals surface area contributed by atoms with Crippen molar-refractivity contribution in [1.29, 1.82) is 0 Å². The van der Waals surface area contributed by atoms with Crippen molar-refractivity contribution < 1.29 is 4.90 Å². The molecule has 1 rings (SSSR count). The monoisotopic (exact) mass is 346 g/mol. The van der Waals surface area contributed by atoms with Gasteiger partial charge in [0.1, 0.15) is 6.54 Å². The molecule has 1 nitrogen and oxygen atoms in total. The van der Waals surface area contributed by atoms with Crippen molar-refractivity contribution in [3.05, 3.63) is 34.4 Å². The van der Waals surface area contributed by atoms with Gasteiger partial charge in [-0.3, -0.25) is 0 Å². The molecule has 1 N–H and O–H groups in total. The van der Waals surface area contributed by atoms with Gasteiger partial charge in [0.2, 0.25) is 0 Å². The Morgan fingerprint density at radius 3 is 1.24 bits per heavy atom. The van der Waals surface area contributed by atoms with Gasteiger partial charge in [-0.15, -0.1) is 0 Å². The minimum atomic E-state index is 0.148. The van der Waals surface area contributed by atoms with Gasteiger partial charge in [0.05, 0.1) is 12.6 Å². The first-order valence-electron chi connectivity index (χ1n) is 9.86. The van der Waals surface area contributed by atoms with E-state index in [2.05, 4.69) is 102 Å². The third kappa shape index (κ3) is 5.58. The maximum atomic E-state index is 2.49. The molecule has 0 aromatic heterocycles. The molecule has 1 unspecified atom stereocenters. The van der Waals surface area contributed by atoms with Gasteiger partial charge in [0.25, 0.3) is 0 Å². The average Bonchev–Trinajstić information content (AvgIpc) is 2.33. The third-order valence-corrected chi connectivity index (χ3v) is 5.45. The second kappa shape index (κ2) is 6.72. The van der Waals surface area contributed by atoms with E-state index in [1.54, 1.807) is 10.5 Å². The lowest BCUT2D eigenvalue weighted by molar-refractivity contribution is -0.941. The van der Waals surface area contributed by atoms with Crippen molar-refractivity contribution in [2.75, 3.05) is 7.05 Å². The molecule has 0 heterocycles. The molecular formula is C24H44N+. The van der Waals surface area contributed by atoms with Crippen LogP contribution in [0.25, 0.3) is 0 Å². The summed E-state index contributed by atoms with van der Waals surface area (Å²) in [6.07, 6.45) is 0. The number of quaternary nitrogens is 1. The normalized spacial score (nSPS) is 15.4. The molecule has 144 valence electrons. The van der Waals surface area contributed by atoms with Crippen LogP contribution in [0, 0.1) is 0 Å². The van der Waals surface area contributed by atoms with Crippen molar-refractivity contribution in [2.24, 2.45) is 0 Å². The van der Waals surface area contributed by atoms with Gasteiger partial charge < -0.3 is 4.90 Å². The highest BCUT2D eigenvalue weighted by Gasteiger charge is 2.32. The SMILES string of the molecule is C[NH+](Cc1c(C(C)(C)C)cc(C(C)(C)C)cc1C(C)(C)C)C(C)(C)C. The van der Waals surface area contributed by atoms with Gasteiger partial charge in [0, 0.05) is 5.56 Å². The summed E-state index contributed by atoms with van der Waals surface area (Å²) in [5.74, 6) is 0. The van der Waals surface area contributed by atoms with Crippen molar-refractivity contribution in [2.45, 2.75) is 111 Å². The molecule has 1 atom stereocenters. The molecule has 0 saturated heterocycles. The standard InChI is InChI=1S/C24H43N/c1-21(2,3)17-14-19(22(4,5)6)18(16-25(13)24(10,11)12)20(15-17)23(7,8)9/h14-15H,16H2,1-13H3/p+1. The van der Waals surface area contributed by atoms with E-state index in [1.165, 1.54) is 16.7 Å². The van der Waals surface area contributed by atoms with Crippen molar-refractivity contribution in [3.8, 4) is 0 Å². The van der Waals surface area contributed by atoms with Crippen molar-refractivity contribution >= 4 is 0 Å². The molecule has 0 saturated carbocycles. The second-order valence-corrected chi connectivity index (χ2v) is 12.0. The Labute approximate surface area is 158 Å². The molecule has 0 fully saturated rings. The van der Waals surface area contributed by atoms with Crippen LogP contribution < -0.4 is 4.90 Å². The molecule has 1 aromatic carbocycles. The van der Waals surface area contributed by atoms with Gasteiger partial charge in [-0.1, -0.05) is 74.4 Å². The van der Waals surface area contributed by atoms with Crippen molar-refractivity contribution in [1.82, 2.24) is 0 Å². The van der Waals surface area contributed by atoms with Gasteiger partial charge >= 0.3 is 0 Å². The molecule has 0 aliphatic heterocycles. The molecule has 0 spiro atoms. The highest BCUT2D eigenvalue weighted by atomic mass is 15.2. The lowest BCUT2D eigenvalue weighted by Gasteiger charge is -2.36. The summed E-state index contributed by atoms with van der Waals surface area (Å²) in [6, 6.07) is 4.97. The zero-order valence-corrected chi connectivity index (χ0v) is 19.4. The molecule has 0 aliphatic rings. The van der Waals surface area contributed by atoms with Crippen LogP contribution in [0.1, 0.15) is 105 Å². The fourth-order valence-corrected chi connectivity index (χ4v) is 3.16. The first kappa shape index (κ1) is 22.2. The molecule has 1 heteroatoms. The fraction of sp³-hybridized carbons (Fsp3) is 0.750. The number of hydrogen-bond donors (Lipinski definition) is 1. The van der Waals surface area contributed by atoms with Crippen LogP contribution in [0.15, 0.2) is 12.1 Å². The van der Waals surface area contributed by atoms with E-state index in [4.69, 9.17) is 0 Å². The zero-order valence-electron chi connectivity index (χ0n) is 19.4.